The largest absolute Gasteiger partial charge is 0.326 e. The van der Waals surface area contributed by atoms with Gasteiger partial charge in [-0.05, 0) is 37.9 Å². The molecule has 2 N–H and O–H groups in total. The Morgan fingerprint density at radius 1 is 1.26 bits per heavy atom. The number of carbonyl (C=O) groups excluding carboxylic acids is 2. The second kappa shape index (κ2) is 7.04. The summed E-state index contributed by atoms with van der Waals surface area (Å²) in [6, 6.07) is 9.23. The number of rotatable bonds is 4. The number of hydrogen-bond acceptors (Lipinski definition) is 3. The molecule has 1 aliphatic rings. The number of para-hydroxylation sites is 1. The van der Waals surface area contributed by atoms with Crippen molar-refractivity contribution in [1.82, 2.24) is 5.32 Å². The number of amides is 1. The third kappa shape index (κ3) is 4.48. The highest BCUT2D eigenvalue weighted by Crippen LogP contribution is 2.11. The molecule has 19 heavy (non-hydrogen) atoms. The van der Waals surface area contributed by atoms with Crippen molar-refractivity contribution in [2.24, 2.45) is 0 Å². The van der Waals surface area contributed by atoms with Crippen LogP contribution in [0.15, 0.2) is 30.3 Å². The zero-order valence-corrected chi connectivity index (χ0v) is 11.0. The maximum absolute atomic E-state index is 11.8. The van der Waals surface area contributed by atoms with E-state index in [1.165, 1.54) is 0 Å². The van der Waals surface area contributed by atoms with Crippen LogP contribution < -0.4 is 10.6 Å². The van der Waals surface area contributed by atoms with Gasteiger partial charge in [-0.15, -0.1) is 0 Å². The van der Waals surface area contributed by atoms with Crippen LogP contribution in [0.1, 0.15) is 32.1 Å². The van der Waals surface area contributed by atoms with Gasteiger partial charge in [-0.3, -0.25) is 9.59 Å². The Balaban J connectivity index is 1.78. The molecule has 0 spiro atoms. The smallest absolute Gasteiger partial charge is 0.224 e. The second-order valence-corrected chi connectivity index (χ2v) is 4.88. The maximum Gasteiger partial charge on any atom is 0.224 e. The Hall–Kier alpha value is -1.68. The minimum atomic E-state index is -0.149. The number of hydrogen-bond donors (Lipinski definition) is 2. The van der Waals surface area contributed by atoms with E-state index in [1.807, 2.05) is 30.3 Å². The van der Waals surface area contributed by atoms with Crippen molar-refractivity contribution in [3.63, 3.8) is 0 Å². The van der Waals surface area contributed by atoms with Gasteiger partial charge in [0.15, 0.2) is 0 Å². The first kappa shape index (κ1) is 13.7. The van der Waals surface area contributed by atoms with Crippen molar-refractivity contribution < 1.29 is 9.59 Å². The van der Waals surface area contributed by atoms with E-state index in [0.29, 0.717) is 19.3 Å². The van der Waals surface area contributed by atoms with Gasteiger partial charge in [-0.1, -0.05) is 18.2 Å². The van der Waals surface area contributed by atoms with Gasteiger partial charge in [0.25, 0.3) is 0 Å². The number of Topliss-reactive ketones (excluding diaryl/α,β-unsaturated/α-hetero) is 1. The molecule has 4 nitrogen and oxygen atoms in total. The average molecular weight is 260 g/mol. The van der Waals surface area contributed by atoms with Crippen LogP contribution in [-0.4, -0.2) is 24.3 Å². The Labute approximate surface area is 113 Å². The fourth-order valence-electron chi connectivity index (χ4n) is 2.27. The van der Waals surface area contributed by atoms with Gasteiger partial charge in [0, 0.05) is 18.5 Å². The third-order valence-electron chi connectivity index (χ3n) is 3.35. The van der Waals surface area contributed by atoms with Crippen molar-refractivity contribution in [2.45, 2.75) is 38.1 Å². The molecule has 1 fully saturated rings. The molecule has 1 aliphatic heterocycles. The highest BCUT2D eigenvalue weighted by molar-refractivity contribution is 5.91. The number of ketones is 1. The van der Waals surface area contributed by atoms with Crippen LogP contribution in [0.4, 0.5) is 5.69 Å². The van der Waals surface area contributed by atoms with Gasteiger partial charge in [0.2, 0.25) is 5.91 Å². The van der Waals surface area contributed by atoms with Crippen molar-refractivity contribution in [2.75, 3.05) is 11.9 Å². The number of anilines is 1. The lowest BCUT2D eigenvalue weighted by Crippen LogP contribution is -2.36. The van der Waals surface area contributed by atoms with Crippen LogP contribution >= 0.6 is 0 Å². The first-order chi connectivity index (χ1) is 9.25. The molecule has 1 amide bonds. The monoisotopic (exact) mass is 260 g/mol. The number of carbonyl (C=O) groups is 2. The van der Waals surface area contributed by atoms with Crippen LogP contribution in [0.3, 0.4) is 0 Å². The molecule has 1 aromatic carbocycles. The summed E-state index contributed by atoms with van der Waals surface area (Å²) in [5.74, 6) is 0.204. The number of benzene rings is 1. The molecule has 4 heteroatoms. The fraction of sp³-hybridized carbons (Fsp3) is 0.467. The molecule has 0 saturated carbocycles. The fourth-order valence-corrected chi connectivity index (χ4v) is 2.27. The van der Waals surface area contributed by atoms with Crippen LogP contribution in [0.2, 0.25) is 0 Å². The predicted molar refractivity (Wildman–Crippen MR) is 75.0 cm³/mol. The van der Waals surface area contributed by atoms with Gasteiger partial charge in [0.05, 0.1) is 6.04 Å². The van der Waals surface area contributed by atoms with Crippen LogP contribution in [0, 0.1) is 0 Å². The van der Waals surface area contributed by atoms with Gasteiger partial charge in [-0.25, -0.2) is 0 Å². The first-order valence-corrected chi connectivity index (χ1v) is 6.87. The summed E-state index contributed by atoms with van der Waals surface area (Å²) in [5.41, 5.74) is 0.799. The first-order valence-electron chi connectivity index (χ1n) is 6.87. The summed E-state index contributed by atoms with van der Waals surface area (Å²) < 4.78 is 0. The molecule has 102 valence electrons. The van der Waals surface area contributed by atoms with E-state index >= 15 is 0 Å². The van der Waals surface area contributed by atoms with E-state index in [9.17, 15) is 9.59 Å². The Morgan fingerprint density at radius 2 is 2.05 bits per heavy atom. The highest BCUT2D eigenvalue weighted by atomic mass is 16.1. The molecule has 0 radical (unpaired) electrons. The summed E-state index contributed by atoms with van der Waals surface area (Å²) in [7, 11) is 0. The summed E-state index contributed by atoms with van der Waals surface area (Å²) in [4.78, 5) is 23.6. The van der Waals surface area contributed by atoms with Crippen LogP contribution in [0.25, 0.3) is 0 Å². The standard InChI is InChI=1S/C15H20N2O2/c18-14-8-4-5-11-16-13(14)9-10-15(19)17-12-6-2-1-3-7-12/h1-3,6-7,13,16H,4-5,8-11H2,(H,17,19). The lowest BCUT2D eigenvalue weighted by Gasteiger charge is -2.14. The molecule has 1 atom stereocenters. The third-order valence-corrected chi connectivity index (χ3v) is 3.35. The molecule has 0 aliphatic carbocycles. The maximum atomic E-state index is 11.8. The normalized spacial score (nSPS) is 19.8. The Bertz CT molecular complexity index is 431. The molecule has 0 aromatic heterocycles. The van der Waals surface area contributed by atoms with E-state index in [-0.39, 0.29) is 17.7 Å². The molecular formula is C15H20N2O2. The Kier molecular flexibility index (Phi) is 5.10. The average Bonchev–Trinajstić information content (AvgIpc) is 2.62. The molecule has 0 bridgehead atoms. The number of nitrogens with one attached hydrogen (secondary N) is 2. The van der Waals surface area contributed by atoms with E-state index in [0.717, 1.165) is 25.1 Å². The highest BCUT2D eigenvalue weighted by Gasteiger charge is 2.20. The zero-order chi connectivity index (χ0) is 13.5. The summed E-state index contributed by atoms with van der Waals surface area (Å²) in [6.07, 6.45) is 3.59. The van der Waals surface area contributed by atoms with Gasteiger partial charge in [0.1, 0.15) is 5.78 Å². The van der Waals surface area contributed by atoms with E-state index in [4.69, 9.17) is 0 Å². The molecule has 2 rings (SSSR count). The van der Waals surface area contributed by atoms with E-state index < -0.39 is 0 Å². The predicted octanol–water partition coefficient (Wildman–Crippen LogP) is 2.12. The van der Waals surface area contributed by atoms with Crippen molar-refractivity contribution >= 4 is 17.4 Å². The topological polar surface area (TPSA) is 58.2 Å². The quantitative estimate of drug-likeness (QED) is 0.871. The van der Waals surface area contributed by atoms with Crippen LogP contribution in [-0.2, 0) is 9.59 Å². The lowest BCUT2D eigenvalue weighted by molar-refractivity contribution is -0.121. The van der Waals surface area contributed by atoms with Crippen LogP contribution in [0.5, 0.6) is 0 Å². The summed E-state index contributed by atoms with van der Waals surface area (Å²) in [5, 5.41) is 6.05. The molecule has 1 aromatic rings. The van der Waals surface area contributed by atoms with Crippen molar-refractivity contribution in [1.29, 1.82) is 0 Å². The van der Waals surface area contributed by atoms with E-state index in [2.05, 4.69) is 10.6 Å². The lowest BCUT2D eigenvalue weighted by atomic mass is 10.0. The Morgan fingerprint density at radius 3 is 2.84 bits per heavy atom. The van der Waals surface area contributed by atoms with Crippen molar-refractivity contribution in [3.05, 3.63) is 30.3 Å². The second-order valence-electron chi connectivity index (χ2n) is 4.88. The van der Waals surface area contributed by atoms with Gasteiger partial charge >= 0.3 is 0 Å². The minimum Gasteiger partial charge on any atom is -0.326 e. The molecule has 1 unspecified atom stereocenters. The molecule has 1 heterocycles. The summed E-state index contributed by atoms with van der Waals surface area (Å²) in [6.45, 7) is 0.872. The van der Waals surface area contributed by atoms with Crippen molar-refractivity contribution in [3.8, 4) is 0 Å². The molecular weight excluding hydrogens is 240 g/mol. The van der Waals surface area contributed by atoms with E-state index in [1.54, 1.807) is 0 Å². The van der Waals surface area contributed by atoms with Gasteiger partial charge in [-0.2, -0.15) is 0 Å². The summed E-state index contributed by atoms with van der Waals surface area (Å²) >= 11 is 0. The zero-order valence-electron chi connectivity index (χ0n) is 11.0. The SMILES string of the molecule is O=C(CCC1NCCCCC1=O)Nc1ccccc1. The van der Waals surface area contributed by atoms with Gasteiger partial charge < -0.3 is 10.6 Å². The minimum absolute atomic E-state index is 0.0370. The molecule has 1 saturated heterocycles.